The third-order valence-electron chi connectivity index (χ3n) is 4.99. The van der Waals surface area contributed by atoms with Crippen LogP contribution in [0.2, 0.25) is 0 Å². The predicted octanol–water partition coefficient (Wildman–Crippen LogP) is 3.33. The number of carbonyl (C=O) groups excluding carboxylic acids is 1. The topological polar surface area (TPSA) is 141 Å². The Balaban J connectivity index is 0.00000121. The summed E-state index contributed by atoms with van der Waals surface area (Å²) in [7, 11) is 1.63. The first-order valence-electron chi connectivity index (χ1n) is 11.4. The number of hydrogen-bond acceptors (Lipinski definition) is 8. The molecule has 4 aromatic heterocycles. The molecule has 0 unspecified atom stereocenters. The number of methoxy groups -OCH3 is 1. The summed E-state index contributed by atoms with van der Waals surface area (Å²) >= 11 is 0. The molecule has 4 heterocycles. The van der Waals surface area contributed by atoms with Gasteiger partial charge in [0.25, 0.3) is 12.4 Å². The van der Waals surface area contributed by atoms with Crippen LogP contribution in [0.4, 0.5) is 5.69 Å². The molecule has 0 spiro atoms. The minimum atomic E-state index is -0.333. The summed E-state index contributed by atoms with van der Waals surface area (Å²) in [6, 6.07) is 14.7. The van der Waals surface area contributed by atoms with E-state index in [-0.39, 0.29) is 12.4 Å². The van der Waals surface area contributed by atoms with Gasteiger partial charge >= 0.3 is 0 Å². The van der Waals surface area contributed by atoms with E-state index in [0.29, 0.717) is 54.8 Å². The van der Waals surface area contributed by atoms with E-state index in [4.69, 9.17) is 19.4 Å². The normalized spacial score (nSPS) is 10.3. The summed E-state index contributed by atoms with van der Waals surface area (Å²) in [6.45, 7) is 3.70. The number of hydrogen-bond donors (Lipinski definition) is 2. The zero-order valence-electron chi connectivity index (χ0n) is 20.6. The highest BCUT2D eigenvalue weighted by atomic mass is 16.5. The van der Waals surface area contributed by atoms with Crippen LogP contribution in [0.15, 0.2) is 67.1 Å². The van der Waals surface area contributed by atoms with Crippen molar-refractivity contribution in [2.75, 3.05) is 32.2 Å². The number of aryl methyl sites for hydroxylation is 1. The van der Waals surface area contributed by atoms with Crippen LogP contribution in [0.25, 0.3) is 22.6 Å². The lowest BCUT2D eigenvalue weighted by atomic mass is 10.1. The minimum absolute atomic E-state index is 0.250. The average Bonchev–Trinajstić information content (AvgIpc) is 3.32. The smallest absolute Gasteiger partial charge is 0.290 e. The van der Waals surface area contributed by atoms with Crippen molar-refractivity contribution in [3.63, 3.8) is 0 Å². The zero-order valence-corrected chi connectivity index (χ0v) is 20.6. The van der Waals surface area contributed by atoms with Gasteiger partial charge in [0, 0.05) is 37.0 Å². The van der Waals surface area contributed by atoms with Crippen LogP contribution in [0.5, 0.6) is 0 Å². The Kier molecular flexibility index (Phi) is 10.4. The molecule has 192 valence electrons. The maximum atomic E-state index is 13.1. The molecule has 0 fully saturated rings. The molecular formula is C26H28N6O5. The molecule has 4 rings (SSSR count). The monoisotopic (exact) mass is 504 g/mol. The van der Waals surface area contributed by atoms with Gasteiger partial charge in [-0.05, 0) is 43.3 Å². The largest absolute Gasteiger partial charge is 0.483 e. The molecular weight excluding hydrogens is 476 g/mol. The number of rotatable bonds is 10. The number of anilines is 1. The number of pyridine rings is 3. The maximum absolute atomic E-state index is 13.1. The van der Waals surface area contributed by atoms with E-state index in [9.17, 15) is 4.79 Å². The molecule has 0 aliphatic heterocycles. The van der Waals surface area contributed by atoms with Gasteiger partial charge < -0.3 is 19.9 Å². The lowest BCUT2D eigenvalue weighted by Gasteiger charge is -2.07. The Morgan fingerprint density at radius 2 is 1.86 bits per heavy atom. The Hall–Kier alpha value is -4.48. The van der Waals surface area contributed by atoms with Gasteiger partial charge in [-0.1, -0.05) is 12.1 Å². The fraction of sp³-hybridized carbons (Fsp3) is 0.231. The van der Waals surface area contributed by atoms with Gasteiger partial charge in [0.2, 0.25) is 0 Å². The summed E-state index contributed by atoms with van der Waals surface area (Å²) in [6.07, 6.45) is 5.19. The van der Waals surface area contributed by atoms with Gasteiger partial charge in [0.05, 0.1) is 43.4 Å². The summed E-state index contributed by atoms with van der Waals surface area (Å²) in [5, 5.41) is 14.5. The summed E-state index contributed by atoms with van der Waals surface area (Å²) in [5.74, 6) is -0.333. The second kappa shape index (κ2) is 14.2. The molecule has 4 aromatic rings. The molecule has 37 heavy (non-hydrogen) atoms. The van der Waals surface area contributed by atoms with Crippen LogP contribution in [0.3, 0.4) is 0 Å². The molecule has 11 heteroatoms. The van der Waals surface area contributed by atoms with Crippen molar-refractivity contribution in [2.45, 2.75) is 13.5 Å². The standard InChI is InChI=1S/C25H26N6O3.CH2O2/c1-18-16-19(9-11-26-18)20-7-5-8-22(28-20)25(32)29-23-17-31(12-13-34-15-14-33-2)30-24(23)21-6-3-4-10-27-21;2-1-3/h3-11,16-17H,12-15H2,1-2H3,(H,29,32);1H,(H,2,3). The van der Waals surface area contributed by atoms with Crippen LogP contribution in [0.1, 0.15) is 16.2 Å². The molecule has 11 nitrogen and oxygen atoms in total. The molecule has 0 aliphatic rings. The number of nitrogens with zero attached hydrogens (tertiary/aromatic N) is 5. The first kappa shape index (κ1) is 27.1. The summed E-state index contributed by atoms with van der Waals surface area (Å²) in [4.78, 5) is 34.6. The predicted molar refractivity (Wildman–Crippen MR) is 137 cm³/mol. The Bertz CT molecular complexity index is 1300. The van der Waals surface area contributed by atoms with Crippen molar-refractivity contribution in [2.24, 2.45) is 0 Å². The fourth-order valence-corrected chi connectivity index (χ4v) is 3.33. The highest BCUT2D eigenvalue weighted by molar-refractivity contribution is 6.04. The Morgan fingerprint density at radius 1 is 1.05 bits per heavy atom. The van der Waals surface area contributed by atoms with Crippen molar-refractivity contribution < 1.29 is 24.2 Å². The quantitative estimate of drug-likeness (QED) is 0.246. The number of carbonyl (C=O) groups is 2. The van der Waals surface area contributed by atoms with Crippen LogP contribution < -0.4 is 5.32 Å². The molecule has 0 atom stereocenters. The first-order chi connectivity index (χ1) is 18.0. The van der Waals surface area contributed by atoms with Crippen LogP contribution in [-0.2, 0) is 20.8 Å². The van der Waals surface area contributed by atoms with E-state index in [1.165, 1.54) is 0 Å². The number of carboxylic acid groups (broad SMARTS) is 1. The van der Waals surface area contributed by atoms with Gasteiger partial charge in [-0.25, -0.2) is 4.98 Å². The Morgan fingerprint density at radius 3 is 2.59 bits per heavy atom. The maximum Gasteiger partial charge on any atom is 0.290 e. The van der Waals surface area contributed by atoms with Crippen molar-refractivity contribution >= 4 is 18.1 Å². The molecule has 0 saturated carbocycles. The van der Waals surface area contributed by atoms with Crippen molar-refractivity contribution in [3.8, 4) is 22.6 Å². The molecule has 1 amide bonds. The second-order valence-corrected chi connectivity index (χ2v) is 7.63. The van der Waals surface area contributed by atoms with E-state index in [1.54, 1.807) is 36.4 Å². The van der Waals surface area contributed by atoms with Gasteiger partial charge in [0.15, 0.2) is 0 Å². The highest BCUT2D eigenvalue weighted by Gasteiger charge is 2.17. The zero-order chi connectivity index (χ0) is 26.5. The number of aromatic nitrogens is 5. The third-order valence-corrected chi connectivity index (χ3v) is 4.99. The highest BCUT2D eigenvalue weighted by Crippen LogP contribution is 2.25. The van der Waals surface area contributed by atoms with Crippen molar-refractivity contribution in [1.82, 2.24) is 24.7 Å². The molecule has 0 aromatic carbocycles. The van der Waals surface area contributed by atoms with Crippen LogP contribution >= 0.6 is 0 Å². The summed E-state index contributed by atoms with van der Waals surface area (Å²) in [5.41, 5.74) is 4.57. The minimum Gasteiger partial charge on any atom is -0.483 e. The van der Waals surface area contributed by atoms with E-state index < -0.39 is 0 Å². The van der Waals surface area contributed by atoms with E-state index >= 15 is 0 Å². The molecule has 0 saturated heterocycles. The van der Waals surface area contributed by atoms with E-state index in [0.717, 1.165) is 11.3 Å². The van der Waals surface area contributed by atoms with E-state index in [2.05, 4.69) is 25.4 Å². The molecule has 2 N–H and O–H groups in total. The van der Waals surface area contributed by atoms with Crippen molar-refractivity contribution in [3.05, 3.63) is 78.5 Å². The van der Waals surface area contributed by atoms with Crippen LogP contribution in [-0.4, -0.2) is 69.1 Å². The molecule has 0 aliphatic carbocycles. The van der Waals surface area contributed by atoms with E-state index in [1.807, 2.05) is 49.4 Å². The van der Waals surface area contributed by atoms with Gasteiger partial charge in [-0.15, -0.1) is 0 Å². The van der Waals surface area contributed by atoms with Crippen LogP contribution in [0, 0.1) is 6.92 Å². The lowest BCUT2D eigenvalue weighted by Crippen LogP contribution is -2.14. The molecule has 0 radical (unpaired) electrons. The van der Waals surface area contributed by atoms with Gasteiger partial charge in [0.1, 0.15) is 11.4 Å². The number of ether oxygens (including phenoxy) is 2. The Labute approximate surface area is 214 Å². The summed E-state index contributed by atoms with van der Waals surface area (Å²) < 4.78 is 12.3. The average molecular weight is 505 g/mol. The number of nitrogens with one attached hydrogen (secondary N) is 1. The van der Waals surface area contributed by atoms with Crippen molar-refractivity contribution in [1.29, 1.82) is 0 Å². The number of amides is 1. The van der Waals surface area contributed by atoms with Gasteiger partial charge in [-0.3, -0.25) is 24.2 Å². The second-order valence-electron chi connectivity index (χ2n) is 7.63. The fourth-order valence-electron chi connectivity index (χ4n) is 3.33. The lowest BCUT2D eigenvalue weighted by molar-refractivity contribution is -0.122. The molecule has 0 bridgehead atoms. The third kappa shape index (κ3) is 8.02. The SMILES string of the molecule is COCCOCCn1cc(NC(=O)c2cccc(-c3ccnc(C)c3)n2)c(-c2ccccn2)n1.O=CO. The van der Waals surface area contributed by atoms with Gasteiger partial charge in [-0.2, -0.15) is 5.10 Å². The first-order valence-corrected chi connectivity index (χ1v) is 11.4.